The molecule has 32 heavy (non-hydrogen) atoms. The van der Waals surface area contributed by atoms with Crippen LogP contribution >= 0.6 is 0 Å². The topological polar surface area (TPSA) is 31.4 Å². The smallest absolute Gasteiger partial charge is 0.356 e. The van der Waals surface area contributed by atoms with Gasteiger partial charge in [0.15, 0.2) is 0 Å². The molecular weight excluding hydrogens is 411 g/mol. The number of amidine groups is 1. The minimum atomic E-state index is -4.36. The Morgan fingerprint density at radius 1 is 1.28 bits per heavy atom. The third-order valence-electron chi connectivity index (χ3n) is 6.62. The van der Waals surface area contributed by atoms with Crippen molar-refractivity contribution in [2.24, 2.45) is 10.9 Å². The van der Waals surface area contributed by atoms with Crippen LogP contribution < -0.4 is 0 Å². The number of hydrogen-bond donors (Lipinski definition) is 1. The summed E-state index contributed by atoms with van der Waals surface area (Å²) < 4.78 is 38.4. The fourth-order valence-electron chi connectivity index (χ4n) is 4.80. The lowest BCUT2D eigenvalue weighted by molar-refractivity contribution is -0.0933. The Hall–Kier alpha value is -2.76. The van der Waals surface area contributed by atoms with Crippen LogP contribution in [0.5, 0.6) is 0 Å². The van der Waals surface area contributed by atoms with E-state index in [1.54, 1.807) is 0 Å². The van der Waals surface area contributed by atoms with Gasteiger partial charge in [0.25, 0.3) is 0 Å². The highest BCUT2D eigenvalue weighted by molar-refractivity contribution is 5.87. The van der Waals surface area contributed by atoms with E-state index in [9.17, 15) is 13.2 Å². The number of nitrogens with one attached hydrogen (secondary N) is 1. The minimum absolute atomic E-state index is 0.0709. The van der Waals surface area contributed by atoms with Crippen molar-refractivity contribution in [3.8, 4) is 0 Å². The molecule has 0 bridgehead atoms. The van der Waals surface area contributed by atoms with Gasteiger partial charge in [-0.05, 0) is 57.7 Å². The van der Waals surface area contributed by atoms with Gasteiger partial charge in [0.05, 0.1) is 11.9 Å². The van der Waals surface area contributed by atoms with Crippen LogP contribution in [0.25, 0.3) is 10.9 Å². The van der Waals surface area contributed by atoms with Gasteiger partial charge in [0.2, 0.25) is 0 Å². The van der Waals surface area contributed by atoms with Gasteiger partial charge in [-0.15, -0.1) is 0 Å². The molecule has 0 saturated heterocycles. The van der Waals surface area contributed by atoms with Gasteiger partial charge in [0.1, 0.15) is 0 Å². The summed E-state index contributed by atoms with van der Waals surface area (Å²) >= 11 is 0. The van der Waals surface area contributed by atoms with Crippen LogP contribution in [0.4, 0.5) is 13.2 Å². The number of aliphatic imine (C=N–C) groups is 1. The predicted octanol–water partition coefficient (Wildman–Crippen LogP) is 6.82. The zero-order valence-electron chi connectivity index (χ0n) is 18.9. The second-order valence-electron chi connectivity index (χ2n) is 8.94. The number of aromatic amines is 1. The van der Waals surface area contributed by atoms with Crippen molar-refractivity contribution in [3.63, 3.8) is 0 Å². The predicted molar refractivity (Wildman–Crippen MR) is 125 cm³/mol. The van der Waals surface area contributed by atoms with E-state index in [0.717, 1.165) is 30.7 Å². The number of halogens is 3. The summed E-state index contributed by atoms with van der Waals surface area (Å²) in [4.78, 5) is 10.5. The van der Waals surface area contributed by atoms with Crippen LogP contribution in [-0.2, 0) is 6.42 Å². The maximum absolute atomic E-state index is 12.8. The van der Waals surface area contributed by atoms with E-state index < -0.39 is 11.7 Å². The minimum Gasteiger partial charge on any atom is -0.356 e. The molecule has 1 aliphatic heterocycles. The summed E-state index contributed by atoms with van der Waals surface area (Å²) in [6.07, 6.45) is 3.94. The second-order valence-corrected chi connectivity index (χ2v) is 8.94. The number of hydrogen-bond acceptors (Lipinski definition) is 1. The Kier molecular flexibility index (Phi) is 6.06. The molecule has 4 rings (SSSR count). The average molecular weight is 442 g/mol. The maximum Gasteiger partial charge on any atom is 0.412 e. The summed E-state index contributed by atoms with van der Waals surface area (Å²) in [6, 6.07) is 6.56. The number of H-pyrrole nitrogens is 1. The number of benzene rings is 1. The quantitative estimate of drug-likeness (QED) is 0.315. The molecular formula is C26H30F3N3. The molecule has 0 amide bonds. The number of allylic oxidation sites excluding steroid dienone is 3. The van der Waals surface area contributed by atoms with Crippen LogP contribution in [-0.4, -0.2) is 35.0 Å². The highest BCUT2D eigenvalue weighted by atomic mass is 19.4. The van der Waals surface area contributed by atoms with Crippen molar-refractivity contribution in [2.45, 2.75) is 52.3 Å². The molecule has 1 N–H and O–H groups in total. The average Bonchev–Trinajstić information content (AvgIpc) is 3.10. The highest BCUT2D eigenvalue weighted by Gasteiger charge is 2.36. The van der Waals surface area contributed by atoms with E-state index in [4.69, 9.17) is 0 Å². The van der Waals surface area contributed by atoms with E-state index in [1.807, 2.05) is 6.92 Å². The van der Waals surface area contributed by atoms with E-state index >= 15 is 0 Å². The summed E-state index contributed by atoms with van der Waals surface area (Å²) in [5.74, 6) is 1.05. The first kappa shape index (κ1) is 22.4. The standard InChI is InChI=1S/C26H30F3N3/c1-16-5-8-20(9-6-16)25-24-21(22-15-17(2)7-10-23(22)31-24)12-14-32(25)19(4)30-13-11-18(3)26(27,28)29/h5-8,10,15,20,25,31H,3,9,11-14H2,1-2,4H3/b30-19+. The van der Waals surface area contributed by atoms with E-state index in [2.05, 4.69) is 71.7 Å². The molecule has 0 spiro atoms. The number of aromatic nitrogens is 1. The van der Waals surface area contributed by atoms with Crippen LogP contribution in [0.15, 0.2) is 59.1 Å². The van der Waals surface area contributed by atoms with Crippen molar-refractivity contribution >= 4 is 16.7 Å². The summed E-state index contributed by atoms with van der Waals surface area (Å²) in [5.41, 5.74) is 5.45. The summed E-state index contributed by atoms with van der Waals surface area (Å²) in [6.45, 7) is 10.2. The molecule has 0 saturated carbocycles. The lowest BCUT2D eigenvalue weighted by Crippen LogP contribution is -2.42. The number of aryl methyl sites for hydroxylation is 1. The Bertz CT molecular complexity index is 1120. The third kappa shape index (κ3) is 4.41. The highest BCUT2D eigenvalue weighted by Crippen LogP contribution is 2.42. The molecule has 1 aromatic heterocycles. The molecule has 2 unspecified atom stereocenters. The molecule has 1 aliphatic carbocycles. The Balaban J connectivity index is 1.66. The number of rotatable bonds is 4. The fraction of sp³-hybridized carbons (Fsp3) is 0.423. The van der Waals surface area contributed by atoms with Gasteiger partial charge >= 0.3 is 6.18 Å². The largest absolute Gasteiger partial charge is 0.412 e. The number of fused-ring (bicyclic) bond motifs is 3. The zero-order valence-corrected chi connectivity index (χ0v) is 18.9. The van der Waals surface area contributed by atoms with Gasteiger partial charge < -0.3 is 9.88 Å². The molecule has 3 nitrogen and oxygen atoms in total. The van der Waals surface area contributed by atoms with E-state index in [0.29, 0.717) is 0 Å². The zero-order chi connectivity index (χ0) is 23.0. The molecule has 2 aromatic rings. The third-order valence-corrected chi connectivity index (χ3v) is 6.62. The maximum atomic E-state index is 12.8. The van der Waals surface area contributed by atoms with E-state index in [1.165, 1.54) is 27.8 Å². The molecule has 2 heterocycles. The monoisotopic (exact) mass is 441 g/mol. The molecule has 1 aromatic carbocycles. The van der Waals surface area contributed by atoms with Crippen LogP contribution in [0.2, 0.25) is 0 Å². The van der Waals surface area contributed by atoms with Gasteiger partial charge in [-0.2, -0.15) is 13.2 Å². The van der Waals surface area contributed by atoms with Crippen molar-refractivity contribution in [1.82, 2.24) is 9.88 Å². The first-order chi connectivity index (χ1) is 15.1. The Morgan fingerprint density at radius 2 is 2.06 bits per heavy atom. The molecule has 170 valence electrons. The fourth-order valence-corrected chi connectivity index (χ4v) is 4.80. The van der Waals surface area contributed by atoms with Gasteiger partial charge in [-0.25, -0.2) is 0 Å². The Labute approximate surface area is 187 Å². The van der Waals surface area contributed by atoms with Crippen LogP contribution in [0, 0.1) is 12.8 Å². The summed E-state index contributed by atoms with van der Waals surface area (Å²) in [5, 5.41) is 1.27. The molecule has 6 heteroatoms. The molecule has 0 radical (unpaired) electrons. The van der Waals surface area contributed by atoms with Gasteiger partial charge in [-0.1, -0.05) is 42.0 Å². The van der Waals surface area contributed by atoms with Crippen molar-refractivity contribution < 1.29 is 13.2 Å². The van der Waals surface area contributed by atoms with Crippen LogP contribution in [0.1, 0.15) is 49.6 Å². The van der Waals surface area contributed by atoms with Crippen molar-refractivity contribution in [2.75, 3.05) is 13.1 Å². The summed E-state index contributed by atoms with van der Waals surface area (Å²) in [7, 11) is 0. The lowest BCUT2D eigenvalue weighted by Gasteiger charge is -2.41. The van der Waals surface area contributed by atoms with Crippen molar-refractivity contribution in [3.05, 3.63) is 71.0 Å². The SMILES string of the molecule is C=C(CC/N=C(\C)N1CCc2c([nH]c3ccc(C)cc23)C1C1C=CC(C)=CC1)C(F)(F)F. The van der Waals surface area contributed by atoms with Crippen LogP contribution in [0.3, 0.4) is 0 Å². The first-order valence-corrected chi connectivity index (χ1v) is 11.1. The van der Waals surface area contributed by atoms with Crippen molar-refractivity contribution in [1.29, 1.82) is 0 Å². The second kappa shape index (κ2) is 8.64. The normalized spacial score (nSPS) is 21.6. The Morgan fingerprint density at radius 3 is 2.75 bits per heavy atom. The van der Waals surface area contributed by atoms with Gasteiger partial charge in [-0.3, -0.25) is 4.99 Å². The number of alkyl halides is 3. The van der Waals surface area contributed by atoms with Gasteiger partial charge in [0, 0.05) is 41.2 Å². The lowest BCUT2D eigenvalue weighted by atomic mass is 9.83. The molecule has 2 atom stereocenters. The molecule has 2 aliphatic rings. The number of nitrogens with zero attached hydrogens (tertiary/aromatic N) is 2. The van der Waals surface area contributed by atoms with E-state index in [-0.39, 0.29) is 24.9 Å². The first-order valence-electron chi connectivity index (χ1n) is 11.1. The molecule has 0 fully saturated rings.